The largest absolute Gasteiger partial charge is 0.508 e. The maximum atomic E-state index is 9.77. The van der Waals surface area contributed by atoms with Gasteiger partial charge in [0.15, 0.2) is 5.96 Å². The topological polar surface area (TPSA) is 71.3 Å². The smallest absolute Gasteiger partial charge is 0.198 e. The lowest BCUT2D eigenvalue weighted by atomic mass is 9.86. The number of guanidine groups is 1. The summed E-state index contributed by atoms with van der Waals surface area (Å²) in [5.74, 6) is 1.78. The number of aliphatic hydroxyl groups is 1. The van der Waals surface area contributed by atoms with E-state index in [4.69, 9.17) is 10.1 Å². The van der Waals surface area contributed by atoms with Crippen LogP contribution in [0.25, 0.3) is 0 Å². The molecule has 0 radical (unpaired) electrons. The summed E-state index contributed by atoms with van der Waals surface area (Å²) in [5, 5.41) is 22.4. The number of nitrogens with zero attached hydrogens (tertiary/aromatic N) is 3. The Hall–Kier alpha value is -1.79. The van der Waals surface area contributed by atoms with Crippen LogP contribution in [-0.4, -0.2) is 71.3 Å². The lowest BCUT2D eigenvalue weighted by Crippen LogP contribution is -2.51. The minimum Gasteiger partial charge on any atom is -0.508 e. The number of piperazine rings is 1. The Morgan fingerprint density at radius 3 is 2.65 bits per heavy atom. The van der Waals surface area contributed by atoms with E-state index in [1.807, 2.05) is 12.1 Å². The SMILES string of the molecule is CC1CCCCC1N=C(Nc1cccc(O)c1)N1CCN(CCO)CC1. The van der Waals surface area contributed by atoms with E-state index in [0.717, 1.165) is 50.8 Å². The summed E-state index contributed by atoms with van der Waals surface area (Å²) >= 11 is 0. The van der Waals surface area contributed by atoms with Gasteiger partial charge in [0, 0.05) is 44.5 Å². The number of aliphatic hydroxyl groups excluding tert-OH is 1. The Bertz CT molecular complexity index is 599. The van der Waals surface area contributed by atoms with Crippen molar-refractivity contribution < 1.29 is 10.2 Å². The number of rotatable bonds is 4. The second kappa shape index (κ2) is 9.24. The second-order valence-corrected chi connectivity index (χ2v) is 7.51. The van der Waals surface area contributed by atoms with Gasteiger partial charge in [0.2, 0.25) is 0 Å². The predicted molar refractivity (Wildman–Crippen MR) is 106 cm³/mol. The molecule has 0 spiro atoms. The van der Waals surface area contributed by atoms with Crippen LogP contribution in [0.1, 0.15) is 32.6 Å². The summed E-state index contributed by atoms with van der Waals surface area (Å²) in [6.45, 7) is 6.90. The molecule has 3 N–H and O–H groups in total. The molecule has 3 rings (SSSR count). The third-order valence-electron chi connectivity index (χ3n) is 5.54. The van der Waals surface area contributed by atoms with Crippen LogP contribution >= 0.6 is 0 Å². The van der Waals surface area contributed by atoms with Crippen LogP contribution in [0, 0.1) is 5.92 Å². The summed E-state index contributed by atoms with van der Waals surface area (Å²) in [7, 11) is 0. The van der Waals surface area contributed by atoms with Crippen molar-refractivity contribution in [1.29, 1.82) is 0 Å². The van der Waals surface area contributed by atoms with Crippen molar-refractivity contribution in [2.75, 3.05) is 44.6 Å². The molecule has 1 heterocycles. The lowest BCUT2D eigenvalue weighted by Gasteiger charge is -2.37. The van der Waals surface area contributed by atoms with Crippen LogP contribution in [0.3, 0.4) is 0 Å². The van der Waals surface area contributed by atoms with E-state index in [-0.39, 0.29) is 12.4 Å². The van der Waals surface area contributed by atoms with Crippen molar-refractivity contribution in [2.45, 2.75) is 38.6 Å². The Morgan fingerprint density at radius 1 is 1.19 bits per heavy atom. The molecular formula is C20H32N4O2. The molecule has 0 amide bonds. The highest BCUT2D eigenvalue weighted by Gasteiger charge is 2.24. The standard InChI is InChI=1S/C20H32N4O2/c1-16-5-2-3-8-19(16)22-20(21-17-6-4-7-18(26)15-17)24-11-9-23(10-12-24)13-14-25/h4,6-7,15-16,19,25-26H,2-3,5,8-14H2,1H3,(H,21,22). The number of phenols is 1. The van der Waals surface area contributed by atoms with E-state index in [9.17, 15) is 5.11 Å². The third kappa shape index (κ3) is 5.11. The van der Waals surface area contributed by atoms with Gasteiger partial charge in [-0.25, -0.2) is 4.99 Å². The summed E-state index contributed by atoms with van der Waals surface area (Å²) in [6.07, 6.45) is 4.96. The van der Waals surface area contributed by atoms with E-state index < -0.39 is 0 Å². The molecule has 6 heteroatoms. The van der Waals surface area contributed by atoms with Crippen molar-refractivity contribution in [3.63, 3.8) is 0 Å². The van der Waals surface area contributed by atoms with Crippen molar-refractivity contribution in [3.05, 3.63) is 24.3 Å². The van der Waals surface area contributed by atoms with Gasteiger partial charge in [-0.2, -0.15) is 0 Å². The van der Waals surface area contributed by atoms with Crippen LogP contribution in [0.4, 0.5) is 5.69 Å². The molecule has 1 aromatic rings. The van der Waals surface area contributed by atoms with Crippen LogP contribution < -0.4 is 5.32 Å². The Morgan fingerprint density at radius 2 is 1.96 bits per heavy atom. The van der Waals surface area contributed by atoms with Crippen LogP contribution in [0.5, 0.6) is 5.75 Å². The molecule has 2 atom stereocenters. The zero-order chi connectivity index (χ0) is 18.4. The number of hydrogen-bond acceptors (Lipinski definition) is 4. The number of aliphatic imine (C=N–C) groups is 1. The zero-order valence-corrected chi connectivity index (χ0v) is 15.8. The highest BCUT2D eigenvalue weighted by Crippen LogP contribution is 2.27. The van der Waals surface area contributed by atoms with Gasteiger partial charge in [-0.15, -0.1) is 0 Å². The molecule has 2 aliphatic rings. The van der Waals surface area contributed by atoms with E-state index in [0.29, 0.717) is 12.0 Å². The molecule has 0 aromatic heterocycles. The number of β-amino-alcohol motifs (C(OH)–C–C–N with tert-alkyl or cyclic N) is 1. The van der Waals surface area contributed by atoms with Crippen molar-refractivity contribution in [2.24, 2.45) is 10.9 Å². The molecule has 2 fully saturated rings. The Kier molecular flexibility index (Phi) is 6.74. The zero-order valence-electron chi connectivity index (χ0n) is 15.8. The number of anilines is 1. The average molecular weight is 361 g/mol. The molecule has 1 aliphatic carbocycles. The molecule has 0 bridgehead atoms. The number of phenolic OH excluding ortho intramolecular Hbond substituents is 1. The lowest BCUT2D eigenvalue weighted by molar-refractivity contribution is 0.146. The molecule has 144 valence electrons. The van der Waals surface area contributed by atoms with Gasteiger partial charge in [0.1, 0.15) is 5.75 Å². The first-order chi connectivity index (χ1) is 12.7. The van der Waals surface area contributed by atoms with E-state index in [1.165, 1.54) is 19.3 Å². The fourth-order valence-electron chi connectivity index (χ4n) is 3.88. The number of hydrogen-bond donors (Lipinski definition) is 3. The van der Waals surface area contributed by atoms with E-state index in [2.05, 4.69) is 22.0 Å². The van der Waals surface area contributed by atoms with Gasteiger partial charge >= 0.3 is 0 Å². The normalized spacial score (nSPS) is 25.3. The van der Waals surface area contributed by atoms with Crippen molar-refractivity contribution in [3.8, 4) is 5.75 Å². The summed E-state index contributed by atoms with van der Waals surface area (Å²) in [5.41, 5.74) is 0.866. The number of nitrogens with one attached hydrogen (secondary N) is 1. The first-order valence-electron chi connectivity index (χ1n) is 9.87. The van der Waals surface area contributed by atoms with Crippen LogP contribution in [-0.2, 0) is 0 Å². The van der Waals surface area contributed by atoms with Crippen molar-refractivity contribution >= 4 is 11.6 Å². The van der Waals surface area contributed by atoms with Gasteiger partial charge in [0.25, 0.3) is 0 Å². The second-order valence-electron chi connectivity index (χ2n) is 7.51. The van der Waals surface area contributed by atoms with E-state index in [1.54, 1.807) is 12.1 Å². The summed E-state index contributed by atoms with van der Waals surface area (Å²) in [4.78, 5) is 9.71. The molecule has 1 saturated heterocycles. The van der Waals surface area contributed by atoms with E-state index >= 15 is 0 Å². The fraction of sp³-hybridized carbons (Fsp3) is 0.650. The van der Waals surface area contributed by atoms with Crippen molar-refractivity contribution in [1.82, 2.24) is 9.80 Å². The highest BCUT2D eigenvalue weighted by molar-refractivity contribution is 5.94. The molecular weight excluding hydrogens is 328 g/mol. The van der Waals surface area contributed by atoms with Gasteiger partial charge in [-0.05, 0) is 30.9 Å². The molecule has 26 heavy (non-hydrogen) atoms. The molecule has 1 aliphatic heterocycles. The molecule has 6 nitrogen and oxygen atoms in total. The monoisotopic (exact) mass is 360 g/mol. The first kappa shape index (κ1) is 19.0. The average Bonchev–Trinajstić information content (AvgIpc) is 2.64. The molecule has 1 saturated carbocycles. The van der Waals surface area contributed by atoms with Crippen LogP contribution in [0.2, 0.25) is 0 Å². The fourth-order valence-corrected chi connectivity index (χ4v) is 3.88. The van der Waals surface area contributed by atoms with Gasteiger partial charge in [0.05, 0.1) is 12.6 Å². The summed E-state index contributed by atoms with van der Waals surface area (Å²) in [6, 6.07) is 7.58. The summed E-state index contributed by atoms with van der Waals surface area (Å²) < 4.78 is 0. The predicted octanol–water partition coefficient (Wildman–Crippen LogP) is 2.35. The maximum absolute atomic E-state index is 9.77. The highest BCUT2D eigenvalue weighted by atomic mass is 16.3. The maximum Gasteiger partial charge on any atom is 0.198 e. The number of benzene rings is 1. The molecule has 2 unspecified atom stereocenters. The number of aromatic hydroxyl groups is 1. The Balaban J connectivity index is 1.75. The van der Waals surface area contributed by atoms with Crippen LogP contribution in [0.15, 0.2) is 29.3 Å². The van der Waals surface area contributed by atoms with Gasteiger partial charge in [-0.3, -0.25) is 4.90 Å². The molecule has 1 aromatic carbocycles. The first-order valence-corrected chi connectivity index (χ1v) is 9.87. The Labute approximate surface area is 156 Å². The minimum absolute atomic E-state index is 0.210. The van der Waals surface area contributed by atoms with Gasteiger partial charge in [-0.1, -0.05) is 25.8 Å². The van der Waals surface area contributed by atoms with Gasteiger partial charge < -0.3 is 20.4 Å². The minimum atomic E-state index is 0.210. The quantitative estimate of drug-likeness (QED) is 0.568. The third-order valence-corrected chi connectivity index (χ3v) is 5.54.